The van der Waals surface area contributed by atoms with Gasteiger partial charge in [-0.2, -0.15) is 13.2 Å². The first-order valence-corrected chi connectivity index (χ1v) is 15.6. The molecule has 1 unspecified atom stereocenters. The molecule has 0 radical (unpaired) electrons. The number of halogens is 4. The minimum absolute atomic E-state index is 0.0250. The number of ether oxygens (including phenoxy) is 2. The highest BCUT2D eigenvalue weighted by Gasteiger charge is 2.39. The Labute approximate surface area is 257 Å². The van der Waals surface area contributed by atoms with Gasteiger partial charge in [0.05, 0.1) is 35.7 Å². The summed E-state index contributed by atoms with van der Waals surface area (Å²) in [5.74, 6) is -2.60. The van der Waals surface area contributed by atoms with Gasteiger partial charge < -0.3 is 19.5 Å². The summed E-state index contributed by atoms with van der Waals surface area (Å²) in [6.45, 7) is 0.102. The van der Waals surface area contributed by atoms with Crippen LogP contribution in [-0.2, 0) is 25.8 Å². The summed E-state index contributed by atoms with van der Waals surface area (Å²) in [4.78, 5) is 25.0. The molecule has 3 aromatic rings. The smallest absolute Gasteiger partial charge is 0.416 e. The van der Waals surface area contributed by atoms with Crippen molar-refractivity contribution in [1.29, 1.82) is 0 Å². The lowest BCUT2D eigenvalue weighted by Gasteiger charge is -2.36. The van der Waals surface area contributed by atoms with E-state index in [1.54, 1.807) is 24.3 Å². The van der Waals surface area contributed by atoms with Crippen molar-refractivity contribution in [3.63, 3.8) is 0 Å². The van der Waals surface area contributed by atoms with E-state index in [2.05, 4.69) is 0 Å². The molecule has 0 saturated carbocycles. The van der Waals surface area contributed by atoms with Crippen LogP contribution in [0.5, 0.6) is 11.5 Å². The van der Waals surface area contributed by atoms with Crippen LogP contribution in [0, 0.1) is 11.7 Å². The number of likely N-dealkylation sites (tertiary alicyclic amines) is 1. The Morgan fingerprint density at radius 3 is 2.40 bits per heavy atom. The number of alkyl halides is 3. The molecule has 0 spiro atoms. The number of hydrogen-bond donors (Lipinski definition) is 1. The van der Waals surface area contributed by atoms with Gasteiger partial charge in [-0.05, 0) is 72.9 Å². The third-order valence-electron chi connectivity index (χ3n) is 7.98. The van der Waals surface area contributed by atoms with E-state index in [1.165, 1.54) is 18.1 Å². The molecule has 0 aromatic heterocycles. The van der Waals surface area contributed by atoms with E-state index >= 15 is 4.39 Å². The Morgan fingerprint density at radius 1 is 1.02 bits per heavy atom. The van der Waals surface area contributed by atoms with E-state index in [0.29, 0.717) is 30.2 Å². The van der Waals surface area contributed by atoms with Gasteiger partial charge in [0.15, 0.2) is 11.6 Å². The van der Waals surface area contributed by atoms with Crippen molar-refractivity contribution in [1.82, 2.24) is 4.90 Å². The monoisotopic (exact) mass is 650 g/mol. The fourth-order valence-corrected chi connectivity index (χ4v) is 7.03. The molecule has 2 heterocycles. The number of carbonyl (C=O) groups excluding carboxylic acids is 1. The fraction of sp³-hybridized carbons (Fsp3) is 0.355. The molecule has 2 aliphatic heterocycles. The van der Waals surface area contributed by atoms with E-state index in [-0.39, 0.29) is 43.1 Å². The molecule has 3 aromatic carbocycles. The van der Waals surface area contributed by atoms with Crippen LogP contribution >= 0.6 is 0 Å². The van der Waals surface area contributed by atoms with Crippen molar-refractivity contribution in [3.8, 4) is 22.6 Å². The average molecular weight is 651 g/mol. The second kappa shape index (κ2) is 12.6. The molecule has 1 amide bonds. The molecular weight excluding hydrogens is 620 g/mol. The van der Waals surface area contributed by atoms with Crippen molar-refractivity contribution in [3.05, 3.63) is 72.0 Å². The lowest BCUT2D eigenvalue weighted by Crippen LogP contribution is -2.45. The van der Waals surface area contributed by atoms with Crippen LogP contribution < -0.4 is 13.8 Å². The first-order valence-electron chi connectivity index (χ1n) is 14.1. The number of hydrogen-bond acceptors (Lipinski definition) is 6. The SMILES string of the molecule is COc1cccc(-c2cc(F)c3c(c2)N(S(=O)(=O)c2cccc(C(F)(F)F)c2)CC(CCC(=O)N2CCC(C(=O)O)CC2)O3)c1. The number of carboxylic acid groups (broad SMARTS) is 1. The molecule has 1 atom stereocenters. The van der Waals surface area contributed by atoms with E-state index < -0.39 is 62.8 Å². The molecule has 1 fully saturated rings. The molecule has 9 nitrogen and oxygen atoms in total. The van der Waals surface area contributed by atoms with Crippen LogP contribution in [0.2, 0.25) is 0 Å². The van der Waals surface area contributed by atoms with Gasteiger partial charge in [0.1, 0.15) is 11.9 Å². The number of methoxy groups -OCH3 is 1. The van der Waals surface area contributed by atoms with Crippen molar-refractivity contribution >= 4 is 27.6 Å². The molecule has 14 heteroatoms. The Bertz CT molecular complexity index is 1710. The molecule has 240 valence electrons. The second-order valence-corrected chi connectivity index (χ2v) is 12.7. The number of rotatable bonds is 8. The van der Waals surface area contributed by atoms with Gasteiger partial charge in [0, 0.05) is 19.5 Å². The first kappa shape index (κ1) is 32.1. The zero-order valence-electron chi connectivity index (χ0n) is 24.1. The number of amides is 1. The van der Waals surface area contributed by atoms with Gasteiger partial charge in [0.2, 0.25) is 5.91 Å². The number of fused-ring (bicyclic) bond motifs is 1. The van der Waals surface area contributed by atoms with Crippen molar-refractivity contribution in [2.24, 2.45) is 5.92 Å². The maximum absolute atomic E-state index is 15.7. The van der Waals surface area contributed by atoms with E-state index in [4.69, 9.17) is 9.47 Å². The Balaban J connectivity index is 1.48. The van der Waals surface area contributed by atoms with Crippen LogP contribution in [0.3, 0.4) is 0 Å². The molecule has 0 bridgehead atoms. The number of carboxylic acids is 1. The van der Waals surface area contributed by atoms with E-state index in [1.807, 2.05) is 0 Å². The highest BCUT2D eigenvalue weighted by atomic mass is 32.2. The van der Waals surface area contributed by atoms with E-state index in [0.717, 1.165) is 28.6 Å². The molecule has 1 N–H and O–H groups in total. The summed E-state index contributed by atoms with van der Waals surface area (Å²) < 4.78 is 96.0. The second-order valence-electron chi connectivity index (χ2n) is 10.9. The molecule has 5 rings (SSSR count). The number of sulfonamides is 1. The lowest BCUT2D eigenvalue weighted by atomic mass is 9.97. The van der Waals surface area contributed by atoms with Gasteiger partial charge in [-0.1, -0.05) is 18.2 Å². The van der Waals surface area contributed by atoms with Gasteiger partial charge in [-0.15, -0.1) is 0 Å². The maximum Gasteiger partial charge on any atom is 0.416 e. The number of nitrogens with zero attached hydrogens (tertiary/aromatic N) is 2. The summed E-state index contributed by atoms with van der Waals surface area (Å²) in [5, 5.41) is 9.21. The number of piperidine rings is 1. The number of benzene rings is 3. The van der Waals surface area contributed by atoms with E-state index in [9.17, 15) is 36.3 Å². The molecule has 0 aliphatic carbocycles. The summed E-state index contributed by atoms with van der Waals surface area (Å²) in [5.41, 5.74) is -0.603. The van der Waals surface area contributed by atoms with Crippen LogP contribution in [0.15, 0.2) is 65.6 Å². The van der Waals surface area contributed by atoms with Gasteiger partial charge in [-0.3, -0.25) is 13.9 Å². The molecule has 45 heavy (non-hydrogen) atoms. The van der Waals surface area contributed by atoms with Crippen molar-refractivity contribution in [2.75, 3.05) is 31.0 Å². The minimum Gasteiger partial charge on any atom is -0.497 e. The zero-order valence-corrected chi connectivity index (χ0v) is 24.9. The largest absolute Gasteiger partial charge is 0.497 e. The van der Waals surface area contributed by atoms with Crippen LogP contribution in [0.1, 0.15) is 31.2 Å². The van der Waals surface area contributed by atoms with Crippen molar-refractivity contribution in [2.45, 2.75) is 42.9 Å². The predicted molar refractivity (Wildman–Crippen MR) is 155 cm³/mol. The number of carbonyl (C=O) groups is 2. The number of aliphatic carboxylic acids is 1. The Hall–Kier alpha value is -4.33. The predicted octanol–water partition coefficient (Wildman–Crippen LogP) is 5.58. The Kier molecular flexibility index (Phi) is 8.97. The molecule has 1 saturated heterocycles. The van der Waals surface area contributed by atoms with Gasteiger partial charge >= 0.3 is 12.1 Å². The lowest BCUT2D eigenvalue weighted by molar-refractivity contribution is -0.145. The highest BCUT2D eigenvalue weighted by molar-refractivity contribution is 7.92. The summed E-state index contributed by atoms with van der Waals surface area (Å²) in [6.07, 6.45) is -5.34. The third-order valence-corrected chi connectivity index (χ3v) is 9.75. The third kappa shape index (κ3) is 6.85. The molecule has 2 aliphatic rings. The zero-order chi connectivity index (χ0) is 32.5. The van der Waals surface area contributed by atoms with Crippen LogP contribution in [0.4, 0.5) is 23.2 Å². The minimum atomic E-state index is -4.80. The summed E-state index contributed by atoms with van der Waals surface area (Å²) >= 11 is 0. The van der Waals surface area contributed by atoms with Crippen LogP contribution in [0.25, 0.3) is 11.1 Å². The van der Waals surface area contributed by atoms with Crippen LogP contribution in [-0.4, -0.2) is 63.1 Å². The standard InChI is InChI=1S/C31H30F4N2O7S/c1-43-23-6-2-4-20(14-23)21-15-26(32)29-27(16-21)37(45(41,42)25-7-3-5-22(17-25)31(33,34)35)18-24(44-29)8-9-28(38)36-12-10-19(11-13-36)30(39)40/h2-7,14-17,19,24H,8-13,18H2,1H3,(H,39,40). The normalized spacial score (nSPS) is 17.4. The highest BCUT2D eigenvalue weighted by Crippen LogP contribution is 2.43. The quantitative estimate of drug-likeness (QED) is 0.317. The number of anilines is 1. The fourth-order valence-electron chi connectivity index (χ4n) is 5.49. The van der Waals surface area contributed by atoms with Gasteiger partial charge in [-0.25, -0.2) is 12.8 Å². The van der Waals surface area contributed by atoms with Crippen molar-refractivity contribution < 1.29 is 50.1 Å². The first-order chi connectivity index (χ1) is 21.3. The Morgan fingerprint density at radius 2 is 1.73 bits per heavy atom. The summed E-state index contributed by atoms with van der Waals surface area (Å²) in [6, 6.07) is 12.4. The topological polar surface area (TPSA) is 113 Å². The average Bonchev–Trinajstić information content (AvgIpc) is 3.03. The summed E-state index contributed by atoms with van der Waals surface area (Å²) in [7, 11) is -3.23. The van der Waals surface area contributed by atoms with Gasteiger partial charge in [0.25, 0.3) is 10.0 Å². The molecular formula is C31H30F4N2O7S. The maximum atomic E-state index is 15.7.